The zero-order valence-electron chi connectivity index (χ0n) is 13.8. The van der Waals surface area contributed by atoms with Gasteiger partial charge in [-0.15, -0.1) is 0 Å². The Hall–Kier alpha value is -2.54. The molecule has 1 aromatic rings. The highest BCUT2D eigenvalue weighted by atomic mass is 16.5. The lowest BCUT2D eigenvalue weighted by atomic mass is 9.96. The molecule has 2 aliphatic rings. The molecule has 0 bridgehead atoms. The number of rotatable bonds is 6. The summed E-state index contributed by atoms with van der Waals surface area (Å²) in [5.41, 5.74) is 2.11. The fourth-order valence-corrected chi connectivity index (χ4v) is 2.98. The van der Waals surface area contributed by atoms with E-state index in [2.05, 4.69) is 10.6 Å². The van der Waals surface area contributed by atoms with Crippen LogP contribution in [0.15, 0.2) is 35.5 Å². The van der Waals surface area contributed by atoms with E-state index in [1.54, 1.807) is 12.0 Å². The predicted octanol–water partition coefficient (Wildman–Crippen LogP) is 1.18. The first kappa shape index (κ1) is 16.3. The third-order valence-corrected chi connectivity index (χ3v) is 4.11. The highest BCUT2D eigenvalue weighted by Gasteiger charge is 2.40. The SMILES string of the molecule is CCOc1ccc(C2NC(=O)NC3=C2C(=O)N(CCOC)C3)cc1. The van der Waals surface area contributed by atoms with Gasteiger partial charge in [0.05, 0.1) is 37.1 Å². The molecule has 0 spiro atoms. The average molecular weight is 331 g/mol. The van der Waals surface area contributed by atoms with Gasteiger partial charge in [0.1, 0.15) is 5.75 Å². The van der Waals surface area contributed by atoms with Gasteiger partial charge in [0.15, 0.2) is 0 Å². The minimum absolute atomic E-state index is 0.0755. The van der Waals surface area contributed by atoms with Crippen LogP contribution in [0.3, 0.4) is 0 Å². The molecule has 2 aliphatic heterocycles. The highest BCUT2D eigenvalue weighted by Crippen LogP contribution is 2.33. The molecule has 7 heteroatoms. The van der Waals surface area contributed by atoms with Crippen LogP contribution in [0.25, 0.3) is 0 Å². The molecule has 2 heterocycles. The van der Waals surface area contributed by atoms with Gasteiger partial charge in [-0.2, -0.15) is 0 Å². The molecule has 0 aromatic heterocycles. The zero-order valence-corrected chi connectivity index (χ0v) is 13.8. The van der Waals surface area contributed by atoms with E-state index in [0.717, 1.165) is 11.3 Å². The predicted molar refractivity (Wildman–Crippen MR) is 87.5 cm³/mol. The van der Waals surface area contributed by atoms with E-state index in [1.807, 2.05) is 31.2 Å². The minimum atomic E-state index is -0.454. The van der Waals surface area contributed by atoms with Crippen LogP contribution in [0.5, 0.6) is 5.75 Å². The van der Waals surface area contributed by atoms with Crippen molar-refractivity contribution >= 4 is 11.9 Å². The van der Waals surface area contributed by atoms with Crippen LogP contribution in [0, 0.1) is 0 Å². The Bertz CT molecular complexity index is 669. The largest absolute Gasteiger partial charge is 0.494 e. The number of carbonyl (C=O) groups is 2. The van der Waals surface area contributed by atoms with Crippen LogP contribution in [0.2, 0.25) is 0 Å². The van der Waals surface area contributed by atoms with Crippen LogP contribution in [0.1, 0.15) is 18.5 Å². The summed E-state index contributed by atoms with van der Waals surface area (Å²) in [5, 5.41) is 5.58. The standard InChI is InChI=1S/C17H21N3O4/c1-3-24-12-6-4-11(5-7-12)15-14-13(18-17(22)19-15)10-20(16(14)21)8-9-23-2/h4-7,15H,3,8-10H2,1-2H3,(H2,18,19,22). The van der Waals surface area contributed by atoms with Crippen molar-refractivity contribution < 1.29 is 19.1 Å². The molecule has 3 rings (SSSR count). The Labute approximate surface area is 140 Å². The second-order valence-corrected chi connectivity index (χ2v) is 5.65. The van der Waals surface area contributed by atoms with Crippen LogP contribution in [0.4, 0.5) is 4.79 Å². The Morgan fingerprint density at radius 2 is 2.00 bits per heavy atom. The summed E-state index contributed by atoms with van der Waals surface area (Å²) in [5.74, 6) is 0.684. The maximum absolute atomic E-state index is 12.7. The molecule has 3 amide bonds. The van der Waals surface area contributed by atoms with Gasteiger partial charge in [0, 0.05) is 13.7 Å². The fourth-order valence-electron chi connectivity index (χ4n) is 2.98. The fraction of sp³-hybridized carbons (Fsp3) is 0.412. The average Bonchev–Trinajstić information content (AvgIpc) is 2.89. The third kappa shape index (κ3) is 3.07. The molecular formula is C17H21N3O4. The van der Waals surface area contributed by atoms with Crippen molar-refractivity contribution in [3.63, 3.8) is 0 Å². The summed E-state index contributed by atoms with van der Waals surface area (Å²) >= 11 is 0. The second kappa shape index (κ2) is 6.92. The van der Waals surface area contributed by atoms with Gasteiger partial charge in [0.25, 0.3) is 5.91 Å². The highest BCUT2D eigenvalue weighted by molar-refractivity contribution is 6.01. The van der Waals surface area contributed by atoms with Crippen molar-refractivity contribution in [2.24, 2.45) is 0 Å². The van der Waals surface area contributed by atoms with E-state index in [4.69, 9.17) is 9.47 Å². The lowest BCUT2D eigenvalue weighted by Gasteiger charge is -2.25. The number of ether oxygens (including phenoxy) is 2. The van der Waals surface area contributed by atoms with E-state index in [9.17, 15) is 9.59 Å². The maximum Gasteiger partial charge on any atom is 0.319 e. The lowest BCUT2D eigenvalue weighted by Crippen LogP contribution is -2.44. The first-order valence-corrected chi connectivity index (χ1v) is 7.95. The molecule has 0 radical (unpaired) electrons. The van der Waals surface area contributed by atoms with Gasteiger partial charge in [-0.05, 0) is 24.6 Å². The number of methoxy groups -OCH3 is 1. The van der Waals surface area contributed by atoms with Crippen LogP contribution < -0.4 is 15.4 Å². The van der Waals surface area contributed by atoms with Crippen molar-refractivity contribution in [1.82, 2.24) is 15.5 Å². The molecule has 0 fully saturated rings. The Kier molecular flexibility index (Phi) is 4.71. The quantitative estimate of drug-likeness (QED) is 0.820. The number of nitrogens with zero attached hydrogens (tertiary/aromatic N) is 1. The molecule has 128 valence electrons. The van der Waals surface area contributed by atoms with Gasteiger partial charge in [-0.1, -0.05) is 12.1 Å². The number of hydrogen-bond donors (Lipinski definition) is 2. The van der Waals surface area contributed by atoms with E-state index in [1.165, 1.54) is 0 Å². The van der Waals surface area contributed by atoms with Gasteiger partial charge >= 0.3 is 6.03 Å². The maximum atomic E-state index is 12.7. The molecule has 0 saturated carbocycles. The molecular weight excluding hydrogens is 310 g/mol. The van der Waals surface area contributed by atoms with Gasteiger partial charge < -0.3 is 25.0 Å². The van der Waals surface area contributed by atoms with E-state index < -0.39 is 6.04 Å². The third-order valence-electron chi connectivity index (χ3n) is 4.11. The summed E-state index contributed by atoms with van der Waals surface area (Å²) in [6, 6.07) is 6.68. The van der Waals surface area contributed by atoms with Gasteiger partial charge in [0.2, 0.25) is 0 Å². The smallest absolute Gasteiger partial charge is 0.319 e. The van der Waals surface area contributed by atoms with Gasteiger partial charge in [-0.3, -0.25) is 4.79 Å². The number of hydrogen-bond acceptors (Lipinski definition) is 4. The van der Waals surface area contributed by atoms with E-state index >= 15 is 0 Å². The molecule has 24 heavy (non-hydrogen) atoms. The summed E-state index contributed by atoms with van der Waals surface area (Å²) < 4.78 is 10.5. The number of amides is 3. The summed E-state index contributed by atoms with van der Waals surface area (Å²) in [6.45, 7) is 3.86. The monoisotopic (exact) mass is 331 g/mol. The van der Waals surface area contributed by atoms with Crippen LogP contribution >= 0.6 is 0 Å². The van der Waals surface area contributed by atoms with Gasteiger partial charge in [-0.25, -0.2) is 4.79 Å². The molecule has 7 nitrogen and oxygen atoms in total. The molecule has 0 aliphatic carbocycles. The molecule has 1 atom stereocenters. The number of benzene rings is 1. The van der Waals surface area contributed by atoms with Crippen LogP contribution in [-0.2, 0) is 9.53 Å². The zero-order chi connectivity index (χ0) is 17.1. The van der Waals surface area contributed by atoms with Crippen LogP contribution in [-0.4, -0.2) is 50.3 Å². The van der Waals surface area contributed by atoms with Crippen molar-refractivity contribution in [2.45, 2.75) is 13.0 Å². The Balaban J connectivity index is 1.85. The summed E-state index contributed by atoms with van der Waals surface area (Å²) in [7, 11) is 1.60. The number of urea groups is 1. The lowest BCUT2D eigenvalue weighted by molar-refractivity contribution is -0.126. The molecule has 1 aromatic carbocycles. The van der Waals surface area contributed by atoms with Crippen molar-refractivity contribution in [1.29, 1.82) is 0 Å². The molecule has 1 unspecified atom stereocenters. The molecule has 2 N–H and O–H groups in total. The molecule has 0 saturated heterocycles. The van der Waals surface area contributed by atoms with E-state index in [-0.39, 0.29) is 11.9 Å². The van der Waals surface area contributed by atoms with E-state index in [0.29, 0.717) is 37.6 Å². The first-order chi connectivity index (χ1) is 11.6. The summed E-state index contributed by atoms with van der Waals surface area (Å²) in [4.78, 5) is 26.3. The van der Waals surface area contributed by atoms with Crippen molar-refractivity contribution in [3.05, 3.63) is 41.1 Å². The Morgan fingerprint density at radius 3 is 2.67 bits per heavy atom. The van der Waals surface area contributed by atoms with Crippen molar-refractivity contribution in [3.8, 4) is 5.75 Å². The van der Waals surface area contributed by atoms with Crippen molar-refractivity contribution in [2.75, 3.05) is 33.4 Å². The minimum Gasteiger partial charge on any atom is -0.494 e. The topological polar surface area (TPSA) is 79.9 Å². The summed E-state index contributed by atoms with van der Waals surface area (Å²) in [6.07, 6.45) is 0. The second-order valence-electron chi connectivity index (χ2n) is 5.65. The first-order valence-electron chi connectivity index (χ1n) is 7.95. The Morgan fingerprint density at radius 1 is 1.25 bits per heavy atom. The number of nitrogens with one attached hydrogen (secondary N) is 2. The number of carbonyl (C=O) groups excluding carboxylic acids is 2. The normalized spacial score (nSPS) is 19.9.